The summed E-state index contributed by atoms with van der Waals surface area (Å²) in [5, 5.41) is 4.54. The number of rotatable bonds is 3. The van der Waals surface area contributed by atoms with Gasteiger partial charge in [-0.25, -0.2) is 4.68 Å². The van der Waals surface area contributed by atoms with Gasteiger partial charge in [-0.2, -0.15) is 5.10 Å². The third-order valence-corrected chi connectivity index (χ3v) is 4.15. The highest BCUT2D eigenvalue weighted by Gasteiger charge is 2.26. The topological polar surface area (TPSA) is 38.1 Å². The molecule has 1 aliphatic carbocycles. The highest BCUT2D eigenvalue weighted by atomic mass is 16.1. The zero-order chi connectivity index (χ0) is 12.5. The molecule has 0 unspecified atom stereocenters. The van der Waals surface area contributed by atoms with Crippen LogP contribution < -0.4 is 5.56 Å². The third kappa shape index (κ3) is 2.64. The highest BCUT2D eigenvalue weighted by molar-refractivity contribution is 5.12. The second kappa shape index (κ2) is 4.84. The summed E-state index contributed by atoms with van der Waals surface area (Å²) in [4.78, 5) is 14.2. The Balaban J connectivity index is 1.71. The van der Waals surface area contributed by atoms with Crippen LogP contribution in [0.5, 0.6) is 0 Å². The van der Waals surface area contributed by atoms with Crippen LogP contribution in [0.25, 0.3) is 0 Å². The van der Waals surface area contributed by atoms with Gasteiger partial charge in [0.05, 0.1) is 5.69 Å². The molecule has 3 rings (SSSR count). The van der Waals surface area contributed by atoms with E-state index in [0.29, 0.717) is 11.8 Å². The van der Waals surface area contributed by atoms with Crippen molar-refractivity contribution >= 4 is 0 Å². The number of hydrogen-bond donors (Lipinski definition) is 0. The van der Waals surface area contributed by atoms with E-state index in [1.807, 2.05) is 6.07 Å². The van der Waals surface area contributed by atoms with E-state index in [9.17, 15) is 4.79 Å². The first-order chi connectivity index (χ1) is 8.72. The summed E-state index contributed by atoms with van der Waals surface area (Å²) < 4.78 is 1.70. The Labute approximate surface area is 108 Å². The van der Waals surface area contributed by atoms with E-state index in [-0.39, 0.29) is 5.56 Å². The molecule has 4 heteroatoms. The zero-order valence-corrected chi connectivity index (χ0v) is 11.0. The lowest BCUT2D eigenvalue weighted by Crippen LogP contribution is -2.34. The average Bonchev–Trinajstić information content (AvgIpc) is 3.19. The Kier molecular flexibility index (Phi) is 3.20. The minimum Gasteiger partial charge on any atom is -0.306 e. The molecular formula is C14H21N3O. The van der Waals surface area contributed by atoms with Gasteiger partial charge in [0.1, 0.15) is 0 Å². The van der Waals surface area contributed by atoms with Gasteiger partial charge < -0.3 is 4.90 Å². The molecule has 4 nitrogen and oxygen atoms in total. The van der Waals surface area contributed by atoms with Crippen molar-refractivity contribution in [2.24, 2.45) is 5.92 Å². The Hall–Kier alpha value is -1.16. The lowest BCUT2D eigenvalue weighted by atomic mass is 9.97. The standard InChI is InChI=1S/C14H21N3O/c1-16-8-6-11(7-9-16)10-17-14(18)5-4-13(15-17)12-2-3-12/h4-5,11-12H,2-3,6-10H2,1H3. The van der Waals surface area contributed by atoms with Crippen molar-refractivity contribution in [1.29, 1.82) is 0 Å². The number of likely N-dealkylation sites (tertiary alicyclic amines) is 1. The van der Waals surface area contributed by atoms with Crippen LogP contribution in [0.1, 0.15) is 37.3 Å². The fourth-order valence-corrected chi connectivity index (χ4v) is 2.68. The van der Waals surface area contributed by atoms with Gasteiger partial charge in [-0.05, 0) is 57.8 Å². The van der Waals surface area contributed by atoms with Gasteiger partial charge in [0, 0.05) is 18.5 Å². The van der Waals surface area contributed by atoms with E-state index in [4.69, 9.17) is 0 Å². The summed E-state index contributed by atoms with van der Waals surface area (Å²) in [6.45, 7) is 3.08. The van der Waals surface area contributed by atoms with E-state index >= 15 is 0 Å². The fraction of sp³-hybridized carbons (Fsp3) is 0.714. The molecule has 0 radical (unpaired) electrons. The molecule has 0 bridgehead atoms. The molecule has 2 heterocycles. The lowest BCUT2D eigenvalue weighted by Gasteiger charge is -2.28. The fourth-order valence-electron chi connectivity index (χ4n) is 2.68. The van der Waals surface area contributed by atoms with Gasteiger partial charge in [0.25, 0.3) is 5.56 Å². The van der Waals surface area contributed by atoms with Crippen molar-refractivity contribution in [3.8, 4) is 0 Å². The summed E-state index contributed by atoms with van der Waals surface area (Å²) in [6.07, 6.45) is 4.83. The largest absolute Gasteiger partial charge is 0.306 e. The van der Waals surface area contributed by atoms with E-state index < -0.39 is 0 Å². The predicted molar refractivity (Wildman–Crippen MR) is 70.7 cm³/mol. The van der Waals surface area contributed by atoms with E-state index in [1.165, 1.54) is 25.7 Å². The molecule has 18 heavy (non-hydrogen) atoms. The van der Waals surface area contributed by atoms with Gasteiger partial charge in [-0.3, -0.25) is 4.79 Å². The number of piperidine rings is 1. The van der Waals surface area contributed by atoms with Crippen LogP contribution in [0.4, 0.5) is 0 Å². The number of hydrogen-bond acceptors (Lipinski definition) is 3. The van der Waals surface area contributed by atoms with Crippen LogP contribution >= 0.6 is 0 Å². The first kappa shape index (κ1) is 11.9. The van der Waals surface area contributed by atoms with Crippen LogP contribution in [0, 0.1) is 5.92 Å². The second-order valence-corrected chi connectivity index (χ2v) is 5.80. The van der Waals surface area contributed by atoms with Gasteiger partial charge in [0.15, 0.2) is 0 Å². The van der Waals surface area contributed by atoms with Crippen molar-refractivity contribution in [2.45, 2.75) is 38.1 Å². The Bertz CT molecular complexity index is 470. The minimum atomic E-state index is 0.0540. The molecule has 1 saturated heterocycles. The number of aromatic nitrogens is 2. The molecule has 0 atom stereocenters. The van der Waals surface area contributed by atoms with Gasteiger partial charge in [-0.15, -0.1) is 0 Å². The van der Waals surface area contributed by atoms with Crippen LogP contribution in [-0.4, -0.2) is 34.8 Å². The maximum atomic E-state index is 11.8. The molecule has 0 amide bonds. The predicted octanol–water partition coefficient (Wildman–Crippen LogP) is 1.46. The lowest BCUT2D eigenvalue weighted by molar-refractivity contribution is 0.199. The van der Waals surface area contributed by atoms with Gasteiger partial charge in [0.2, 0.25) is 0 Å². The summed E-state index contributed by atoms with van der Waals surface area (Å²) in [5.74, 6) is 1.23. The van der Waals surface area contributed by atoms with Crippen molar-refractivity contribution in [3.05, 3.63) is 28.2 Å². The maximum Gasteiger partial charge on any atom is 0.266 e. The van der Waals surface area contributed by atoms with Crippen LogP contribution in [0.2, 0.25) is 0 Å². The number of nitrogens with zero attached hydrogens (tertiary/aromatic N) is 3. The molecule has 1 aliphatic heterocycles. The van der Waals surface area contributed by atoms with E-state index in [2.05, 4.69) is 17.0 Å². The average molecular weight is 247 g/mol. The monoisotopic (exact) mass is 247 g/mol. The van der Waals surface area contributed by atoms with Crippen molar-refractivity contribution in [2.75, 3.05) is 20.1 Å². The quantitative estimate of drug-likeness (QED) is 0.811. The first-order valence-electron chi connectivity index (χ1n) is 6.99. The molecule has 2 fully saturated rings. The van der Waals surface area contributed by atoms with Crippen LogP contribution in [-0.2, 0) is 6.54 Å². The maximum absolute atomic E-state index is 11.8. The minimum absolute atomic E-state index is 0.0540. The van der Waals surface area contributed by atoms with Crippen molar-refractivity contribution < 1.29 is 0 Å². The summed E-state index contributed by atoms with van der Waals surface area (Å²) in [6, 6.07) is 3.60. The Morgan fingerprint density at radius 3 is 2.61 bits per heavy atom. The van der Waals surface area contributed by atoms with E-state index in [1.54, 1.807) is 10.7 Å². The second-order valence-electron chi connectivity index (χ2n) is 5.80. The van der Waals surface area contributed by atoms with Gasteiger partial charge >= 0.3 is 0 Å². The van der Waals surface area contributed by atoms with Crippen molar-refractivity contribution in [3.63, 3.8) is 0 Å². The van der Waals surface area contributed by atoms with Crippen molar-refractivity contribution in [1.82, 2.24) is 14.7 Å². The summed E-state index contributed by atoms with van der Waals surface area (Å²) in [7, 11) is 2.16. The highest BCUT2D eigenvalue weighted by Crippen LogP contribution is 2.38. The van der Waals surface area contributed by atoms with E-state index in [0.717, 1.165) is 25.3 Å². The van der Waals surface area contributed by atoms with Crippen LogP contribution in [0.15, 0.2) is 16.9 Å². The molecule has 98 valence electrons. The molecule has 0 N–H and O–H groups in total. The SMILES string of the molecule is CN1CCC(Cn2nc(C3CC3)ccc2=O)CC1. The summed E-state index contributed by atoms with van der Waals surface area (Å²) >= 11 is 0. The zero-order valence-electron chi connectivity index (χ0n) is 11.0. The third-order valence-electron chi connectivity index (χ3n) is 4.15. The summed E-state index contributed by atoms with van der Waals surface area (Å²) in [5.41, 5.74) is 1.17. The molecule has 2 aliphatic rings. The Morgan fingerprint density at radius 1 is 1.22 bits per heavy atom. The Morgan fingerprint density at radius 2 is 1.94 bits per heavy atom. The molecule has 1 aromatic heterocycles. The van der Waals surface area contributed by atoms with Gasteiger partial charge in [-0.1, -0.05) is 0 Å². The normalized spacial score (nSPS) is 22.3. The smallest absolute Gasteiger partial charge is 0.266 e. The van der Waals surface area contributed by atoms with Crippen LogP contribution in [0.3, 0.4) is 0 Å². The molecule has 0 spiro atoms. The first-order valence-corrected chi connectivity index (χ1v) is 6.99. The molecule has 1 aromatic rings. The molecule has 1 saturated carbocycles. The molecular weight excluding hydrogens is 226 g/mol. The molecule has 0 aromatic carbocycles.